The number of aromatic amines is 1. The maximum Gasteiger partial charge on any atom is 0.225 e. The highest BCUT2D eigenvalue weighted by atomic mass is 35.5. The number of H-pyrrole nitrogens is 1. The molecule has 1 aliphatic heterocycles. The smallest absolute Gasteiger partial charge is 0.225 e. The number of hydrogen-bond donors (Lipinski definition) is 2. The van der Waals surface area contributed by atoms with E-state index in [1.54, 1.807) is 6.20 Å². The number of carbonyl (C=O) groups excluding carboxylic acids is 1. The minimum absolute atomic E-state index is 0.0289. The molecule has 5 nitrogen and oxygen atoms in total. The van der Waals surface area contributed by atoms with Gasteiger partial charge in [0.25, 0.3) is 0 Å². The number of fused-ring (bicyclic) bond motifs is 2. The molecule has 0 spiro atoms. The monoisotopic (exact) mass is 347 g/mol. The first kappa shape index (κ1) is 15.9. The Morgan fingerprint density at radius 3 is 2.67 bits per heavy atom. The molecule has 1 aromatic carbocycles. The molecule has 0 bridgehead atoms. The Morgan fingerprint density at radius 1 is 1.38 bits per heavy atom. The molecule has 1 aromatic heterocycles. The number of aliphatic hydroxyl groups is 1. The molecular weight excluding hydrogens is 326 g/mol. The van der Waals surface area contributed by atoms with Crippen molar-refractivity contribution in [1.29, 1.82) is 0 Å². The molecule has 2 N–H and O–H groups in total. The second kappa shape index (κ2) is 5.46. The number of hydrogen-bond acceptors (Lipinski definition) is 3. The van der Waals surface area contributed by atoms with Crippen LogP contribution in [0.1, 0.15) is 32.3 Å². The lowest BCUT2D eigenvalue weighted by molar-refractivity contribution is -0.134. The lowest BCUT2D eigenvalue weighted by Crippen LogP contribution is -2.35. The number of nitrogens with one attached hydrogen (secondary N) is 1. The lowest BCUT2D eigenvalue weighted by Gasteiger charge is -2.27. The zero-order valence-corrected chi connectivity index (χ0v) is 14.7. The van der Waals surface area contributed by atoms with Gasteiger partial charge in [-0.15, -0.1) is 0 Å². The summed E-state index contributed by atoms with van der Waals surface area (Å²) < 4.78 is 0. The van der Waals surface area contributed by atoms with Crippen molar-refractivity contribution < 1.29 is 9.90 Å². The number of rotatable bonds is 2. The third-order valence-electron chi connectivity index (χ3n) is 5.61. The van der Waals surface area contributed by atoms with Crippen LogP contribution < -0.4 is 0 Å². The third kappa shape index (κ3) is 2.42. The number of amides is 1. The lowest BCUT2D eigenvalue weighted by atomic mass is 9.88. The minimum atomic E-state index is -0.894. The normalized spacial score (nSPS) is 29.6. The van der Waals surface area contributed by atoms with Crippen molar-refractivity contribution in [2.75, 3.05) is 13.1 Å². The number of halogens is 1. The van der Waals surface area contributed by atoms with Crippen LogP contribution in [-0.2, 0) is 10.4 Å². The van der Waals surface area contributed by atoms with Gasteiger partial charge in [-0.2, -0.15) is 5.10 Å². The van der Waals surface area contributed by atoms with E-state index in [1.807, 2.05) is 30.9 Å². The van der Waals surface area contributed by atoms with Crippen LogP contribution in [-0.4, -0.2) is 39.2 Å². The van der Waals surface area contributed by atoms with Gasteiger partial charge in [0.2, 0.25) is 5.91 Å². The van der Waals surface area contributed by atoms with Gasteiger partial charge in [0.05, 0.1) is 17.3 Å². The predicted molar refractivity (Wildman–Crippen MR) is 92.6 cm³/mol. The van der Waals surface area contributed by atoms with E-state index in [9.17, 15) is 9.90 Å². The zero-order valence-electron chi connectivity index (χ0n) is 13.9. The van der Waals surface area contributed by atoms with E-state index in [-0.39, 0.29) is 11.8 Å². The van der Waals surface area contributed by atoms with Gasteiger partial charge in [0.15, 0.2) is 0 Å². The summed E-state index contributed by atoms with van der Waals surface area (Å²) >= 11 is 6.23. The summed E-state index contributed by atoms with van der Waals surface area (Å²) in [6.45, 7) is 5.38. The van der Waals surface area contributed by atoms with Gasteiger partial charge in [-0.05, 0) is 42.4 Å². The maximum atomic E-state index is 12.2. The average Bonchev–Trinajstić information content (AvgIpc) is 3.18. The van der Waals surface area contributed by atoms with Crippen molar-refractivity contribution >= 4 is 28.4 Å². The molecule has 3 atom stereocenters. The van der Waals surface area contributed by atoms with E-state index in [4.69, 9.17) is 11.6 Å². The van der Waals surface area contributed by atoms with Gasteiger partial charge in [0.1, 0.15) is 0 Å². The van der Waals surface area contributed by atoms with E-state index in [0.29, 0.717) is 29.7 Å². The zero-order chi connectivity index (χ0) is 17.1. The summed E-state index contributed by atoms with van der Waals surface area (Å²) in [4.78, 5) is 14.2. The molecule has 0 unspecified atom stereocenters. The van der Waals surface area contributed by atoms with Gasteiger partial charge < -0.3 is 10.0 Å². The van der Waals surface area contributed by atoms with Crippen LogP contribution in [0.3, 0.4) is 0 Å². The third-order valence-corrected chi connectivity index (χ3v) is 5.82. The molecule has 128 valence electrons. The fraction of sp³-hybridized carbons (Fsp3) is 0.556. The first-order valence-electron chi connectivity index (χ1n) is 8.51. The number of likely N-dealkylation sites (tertiary alicyclic amines) is 1. The number of benzene rings is 1. The maximum absolute atomic E-state index is 12.2. The van der Waals surface area contributed by atoms with Crippen LogP contribution >= 0.6 is 11.6 Å². The molecule has 6 heteroatoms. The molecule has 1 saturated heterocycles. The van der Waals surface area contributed by atoms with E-state index in [2.05, 4.69) is 10.2 Å². The van der Waals surface area contributed by atoms with Gasteiger partial charge in [0, 0.05) is 29.4 Å². The van der Waals surface area contributed by atoms with Crippen molar-refractivity contribution in [1.82, 2.24) is 15.1 Å². The fourth-order valence-electron chi connectivity index (χ4n) is 4.52. The highest BCUT2D eigenvalue weighted by Crippen LogP contribution is 2.50. The highest BCUT2D eigenvalue weighted by molar-refractivity contribution is 6.31. The molecule has 0 radical (unpaired) electrons. The Balaban J connectivity index is 1.61. The molecule has 24 heavy (non-hydrogen) atoms. The molecule has 2 heterocycles. The summed E-state index contributed by atoms with van der Waals surface area (Å²) in [6.07, 6.45) is 3.09. The van der Waals surface area contributed by atoms with Crippen LogP contribution in [0.4, 0.5) is 0 Å². The Bertz CT molecular complexity index is 787. The van der Waals surface area contributed by atoms with Gasteiger partial charge in [-0.3, -0.25) is 9.89 Å². The molecule has 1 aliphatic carbocycles. The first-order valence-corrected chi connectivity index (χ1v) is 8.89. The Morgan fingerprint density at radius 2 is 2.04 bits per heavy atom. The van der Waals surface area contributed by atoms with E-state index in [1.165, 1.54) is 0 Å². The Hall–Kier alpha value is -1.59. The van der Waals surface area contributed by atoms with Gasteiger partial charge >= 0.3 is 0 Å². The van der Waals surface area contributed by atoms with Crippen LogP contribution in [0.15, 0.2) is 18.3 Å². The number of nitrogens with zero attached hydrogens (tertiary/aromatic N) is 2. The quantitative estimate of drug-likeness (QED) is 0.877. The van der Waals surface area contributed by atoms with E-state index in [0.717, 1.165) is 29.6 Å². The summed E-state index contributed by atoms with van der Waals surface area (Å²) in [5.41, 5.74) is 0.810. The van der Waals surface area contributed by atoms with Crippen LogP contribution in [0.2, 0.25) is 5.02 Å². The van der Waals surface area contributed by atoms with Crippen LogP contribution in [0.5, 0.6) is 0 Å². The van der Waals surface area contributed by atoms with Crippen molar-refractivity contribution in [3.05, 3.63) is 28.9 Å². The van der Waals surface area contributed by atoms with E-state index >= 15 is 0 Å². The van der Waals surface area contributed by atoms with Gasteiger partial charge in [-0.1, -0.05) is 25.4 Å². The topological polar surface area (TPSA) is 69.2 Å². The SMILES string of the molecule is CC(C)C(=O)N1C[C@@H]2C[C@](O)(c3cc(Cl)cc4[nH]ncc34)C[C@@H]2C1. The molecule has 2 aliphatic rings. The van der Waals surface area contributed by atoms with Crippen molar-refractivity contribution in [2.45, 2.75) is 32.3 Å². The molecule has 2 fully saturated rings. The summed E-state index contributed by atoms with van der Waals surface area (Å²) in [5.74, 6) is 0.936. The summed E-state index contributed by atoms with van der Waals surface area (Å²) in [5, 5.41) is 19.9. The summed E-state index contributed by atoms with van der Waals surface area (Å²) in [7, 11) is 0. The molecule has 1 amide bonds. The fourth-order valence-corrected chi connectivity index (χ4v) is 4.74. The largest absolute Gasteiger partial charge is 0.385 e. The Kier molecular flexibility index (Phi) is 3.62. The molecule has 2 aromatic rings. The molecule has 4 rings (SSSR count). The second-order valence-corrected chi connectivity index (χ2v) is 8.08. The van der Waals surface area contributed by atoms with Crippen LogP contribution in [0, 0.1) is 17.8 Å². The minimum Gasteiger partial charge on any atom is -0.385 e. The highest BCUT2D eigenvalue weighted by Gasteiger charge is 2.50. The van der Waals surface area contributed by atoms with Crippen molar-refractivity contribution in [3.63, 3.8) is 0 Å². The van der Waals surface area contributed by atoms with Gasteiger partial charge in [-0.25, -0.2) is 0 Å². The number of aromatic nitrogens is 2. The second-order valence-electron chi connectivity index (χ2n) is 7.64. The predicted octanol–water partition coefficient (Wildman–Crippen LogP) is 2.93. The Labute approximate surface area is 146 Å². The molecular formula is C18H22ClN3O2. The number of carbonyl (C=O) groups is 1. The summed E-state index contributed by atoms with van der Waals surface area (Å²) in [6, 6.07) is 3.69. The van der Waals surface area contributed by atoms with Crippen molar-refractivity contribution in [3.8, 4) is 0 Å². The van der Waals surface area contributed by atoms with E-state index < -0.39 is 5.60 Å². The molecule has 1 saturated carbocycles. The average molecular weight is 348 g/mol. The first-order chi connectivity index (χ1) is 11.4. The van der Waals surface area contributed by atoms with Crippen molar-refractivity contribution in [2.24, 2.45) is 17.8 Å². The standard InChI is InChI=1S/C18H22ClN3O2/c1-10(2)17(23)22-8-11-5-18(24,6-12(11)9-22)15-3-13(19)4-16-14(15)7-20-21-16/h3-4,7,10-12,24H,5-6,8-9H2,1-2H3,(H,20,21)/t11-,12+,18+. The van der Waals surface area contributed by atoms with Crippen LogP contribution in [0.25, 0.3) is 10.9 Å².